The molecule has 6 aromatic carbocycles. The molecule has 2 amide bonds. The van der Waals surface area contributed by atoms with E-state index in [9.17, 15) is 9.59 Å². The second-order valence-electron chi connectivity index (χ2n) is 9.39. The molecule has 0 unspecified atom stereocenters. The van der Waals surface area contributed by atoms with Crippen molar-refractivity contribution in [3.05, 3.63) is 158 Å². The molecule has 0 aromatic heterocycles. The van der Waals surface area contributed by atoms with E-state index in [2.05, 4.69) is 0 Å². The average molecular weight is 551 g/mol. The fourth-order valence-electron chi connectivity index (χ4n) is 4.69. The Labute approximate surface area is 243 Å². The maximum absolute atomic E-state index is 13.6. The predicted molar refractivity (Wildman–Crippen MR) is 166 cm³/mol. The van der Waals surface area contributed by atoms with E-state index < -0.39 is 12.2 Å². The van der Waals surface area contributed by atoms with Crippen molar-refractivity contribution in [1.82, 2.24) is 0 Å². The quantitative estimate of drug-likeness (QED) is 0.207. The molecule has 0 fully saturated rings. The van der Waals surface area contributed by atoms with Gasteiger partial charge in [0.2, 0.25) is 0 Å². The average Bonchev–Trinajstić information content (AvgIpc) is 3.04. The van der Waals surface area contributed by atoms with E-state index >= 15 is 0 Å². The number of hydrogen-bond donors (Lipinski definition) is 0. The number of hydrogen-bond acceptors (Lipinski definition) is 4. The van der Waals surface area contributed by atoms with Gasteiger partial charge in [-0.25, -0.2) is 19.4 Å². The molecule has 42 heavy (non-hydrogen) atoms. The smallest absolute Gasteiger partial charge is 0.410 e. The van der Waals surface area contributed by atoms with Gasteiger partial charge in [-0.3, -0.25) is 0 Å². The molecule has 0 bridgehead atoms. The number of para-hydroxylation sites is 4. The lowest BCUT2D eigenvalue weighted by molar-refractivity contribution is 0.209. The topological polar surface area (TPSA) is 59.1 Å². The zero-order valence-electron chi connectivity index (χ0n) is 22.5. The maximum atomic E-state index is 13.6. The molecule has 0 N–H and O–H groups in total. The number of anilines is 4. The monoisotopic (exact) mass is 550 g/mol. The Bertz CT molecular complexity index is 1730. The lowest BCUT2D eigenvalue weighted by Crippen LogP contribution is -2.29. The number of benzene rings is 6. The molecule has 0 heterocycles. The van der Waals surface area contributed by atoms with Crippen molar-refractivity contribution in [3.8, 4) is 11.5 Å². The summed E-state index contributed by atoms with van der Waals surface area (Å²) in [6.07, 6.45) is -1.14. The van der Waals surface area contributed by atoms with E-state index in [0.29, 0.717) is 39.6 Å². The minimum absolute atomic E-state index is 0.316. The number of nitrogens with zero attached hydrogens (tertiary/aromatic N) is 2. The molecule has 0 aliphatic heterocycles. The summed E-state index contributed by atoms with van der Waals surface area (Å²) in [6.45, 7) is 0. The zero-order chi connectivity index (χ0) is 28.7. The maximum Gasteiger partial charge on any atom is 0.424 e. The van der Waals surface area contributed by atoms with Gasteiger partial charge in [-0.1, -0.05) is 91.0 Å². The van der Waals surface area contributed by atoms with Crippen LogP contribution in [0.4, 0.5) is 32.3 Å². The molecular weight excluding hydrogens is 524 g/mol. The van der Waals surface area contributed by atoms with Crippen molar-refractivity contribution in [2.75, 3.05) is 9.80 Å². The Morgan fingerprint density at radius 2 is 0.857 bits per heavy atom. The molecule has 6 nitrogen and oxygen atoms in total. The van der Waals surface area contributed by atoms with Crippen molar-refractivity contribution < 1.29 is 19.1 Å². The Morgan fingerprint density at radius 1 is 0.429 bits per heavy atom. The first-order chi connectivity index (χ1) is 20.7. The number of carbonyl (C=O) groups is 2. The van der Waals surface area contributed by atoms with Crippen LogP contribution in [-0.4, -0.2) is 12.2 Å². The molecule has 204 valence electrons. The molecular formula is C36H26N2O4. The van der Waals surface area contributed by atoms with Crippen molar-refractivity contribution in [2.45, 2.75) is 0 Å². The molecule has 0 radical (unpaired) electrons. The van der Waals surface area contributed by atoms with Gasteiger partial charge < -0.3 is 9.47 Å². The summed E-state index contributed by atoms with van der Waals surface area (Å²) in [5.74, 6) is 0.658. The molecule has 6 heteroatoms. The summed E-state index contributed by atoms with van der Waals surface area (Å²) < 4.78 is 11.9. The largest absolute Gasteiger partial charge is 0.424 e. The number of ether oxygens (including phenoxy) is 2. The Kier molecular flexibility index (Phi) is 7.59. The van der Waals surface area contributed by atoms with Crippen LogP contribution >= 0.6 is 0 Å². The van der Waals surface area contributed by atoms with Crippen LogP contribution in [0.5, 0.6) is 11.5 Å². The van der Waals surface area contributed by atoms with Crippen LogP contribution in [0.15, 0.2) is 158 Å². The van der Waals surface area contributed by atoms with Crippen LogP contribution in [0, 0.1) is 0 Å². The molecule has 6 aromatic rings. The number of carbonyl (C=O) groups excluding carboxylic acids is 2. The standard InChI is InChI=1S/C36H26N2O4/c39-35(37(28-15-5-1-6-16-28)29-17-7-2-8-18-29)41-32-25-24-27-14-13-23-34(33(27)26-32)42-36(40)38(30-19-9-3-10-20-30)31-21-11-4-12-22-31/h1-26H. The predicted octanol–water partition coefficient (Wildman–Crippen LogP) is 9.51. The lowest BCUT2D eigenvalue weighted by Gasteiger charge is -2.23. The Morgan fingerprint density at radius 3 is 1.31 bits per heavy atom. The molecule has 0 atom stereocenters. The van der Waals surface area contributed by atoms with Crippen molar-refractivity contribution in [3.63, 3.8) is 0 Å². The van der Waals surface area contributed by atoms with Crippen LogP contribution in [0.2, 0.25) is 0 Å². The van der Waals surface area contributed by atoms with Crippen LogP contribution in [0.3, 0.4) is 0 Å². The summed E-state index contributed by atoms with van der Waals surface area (Å²) in [4.78, 5) is 30.2. The third kappa shape index (κ3) is 5.69. The van der Waals surface area contributed by atoms with E-state index in [0.717, 1.165) is 5.39 Å². The second kappa shape index (κ2) is 12.1. The summed E-state index contributed by atoms with van der Waals surface area (Å²) in [7, 11) is 0. The van der Waals surface area contributed by atoms with E-state index in [1.54, 1.807) is 18.2 Å². The minimum atomic E-state index is -0.569. The van der Waals surface area contributed by atoms with Gasteiger partial charge in [-0.15, -0.1) is 0 Å². The van der Waals surface area contributed by atoms with Crippen molar-refractivity contribution in [1.29, 1.82) is 0 Å². The SMILES string of the molecule is O=C(Oc1ccc2cccc(OC(=O)N(c3ccccc3)c3ccccc3)c2c1)N(c1ccccc1)c1ccccc1. The van der Waals surface area contributed by atoms with E-state index in [1.165, 1.54) is 9.80 Å². The molecule has 0 spiro atoms. The van der Waals surface area contributed by atoms with Gasteiger partial charge in [-0.2, -0.15) is 0 Å². The Balaban J connectivity index is 1.31. The first kappa shape index (κ1) is 26.3. The van der Waals surface area contributed by atoms with Gasteiger partial charge in [0.25, 0.3) is 0 Å². The highest BCUT2D eigenvalue weighted by Crippen LogP contribution is 2.33. The number of amides is 2. The zero-order valence-corrected chi connectivity index (χ0v) is 22.5. The molecule has 0 saturated carbocycles. The fourth-order valence-corrected chi connectivity index (χ4v) is 4.69. The highest BCUT2D eigenvalue weighted by atomic mass is 16.6. The van der Waals surface area contributed by atoms with E-state index in [-0.39, 0.29) is 0 Å². The summed E-state index contributed by atoms with van der Waals surface area (Å²) >= 11 is 0. The summed E-state index contributed by atoms with van der Waals surface area (Å²) in [5, 5.41) is 1.46. The first-order valence-electron chi connectivity index (χ1n) is 13.4. The summed E-state index contributed by atoms with van der Waals surface area (Å²) in [6, 6.07) is 48.0. The van der Waals surface area contributed by atoms with Crippen LogP contribution < -0.4 is 19.3 Å². The lowest BCUT2D eigenvalue weighted by atomic mass is 10.1. The van der Waals surface area contributed by atoms with Gasteiger partial charge in [0.15, 0.2) is 0 Å². The van der Waals surface area contributed by atoms with Crippen molar-refractivity contribution in [2.24, 2.45) is 0 Å². The molecule has 0 saturated heterocycles. The summed E-state index contributed by atoms with van der Waals surface area (Å²) in [5.41, 5.74) is 2.69. The van der Waals surface area contributed by atoms with Gasteiger partial charge >= 0.3 is 12.2 Å². The molecule has 0 aliphatic carbocycles. The van der Waals surface area contributed by atoms with Crippen molar-refractivity contribution >= 4 is 45.7 Å². The van der Waals surface area contributed by atoms with Gasteiger partial charge in [0.05, 0.1) is 22.7 Å². The van der Waals surface area contributed by atoms with Gasteiger partial charge in [0.1, 0.15) is 11.5 Å². The van der Waals surface area contributed by atoms with Gasteiger partial charge in [-0.05, 0) is 72.1 Å². The highest BCUT2D eigenvalue weighted by Gasteiger charge is 2.23. The molecule has 0 aliphatic rings. The second-order valence-corrected chi connectivity index (χ2v) is 9.39. The third-order valence-corrected chi connectivity index (χ3v) is 6.64. The first-order valence-corrected chi connectivity index (χ1v) is 13.4. The normalized spacial score (nSPS) is 10.6. The highest BCUT2D eigenvalue weighted by molar-refractivity contribution is 6.00. The van der Waals surface area contributed by atoms with Gasteiger partial charge in [0, 0.05) is 5.39 Å². The number of rotatable bonds is 6. The van der Waals surface area contributed by atoms with E-state index in [4.69, 9.17) is 9.47 Å². The fraction of sp³-hybridized carbons (Fsp3) is 0. The van der Waals surface area contributed by atoms with Crippen LogP contribution in [0.1, 0.15) is 0 Å². The van der Waals surface area contributed by atoms with Crippen LogP contribution in [0.25, 0.3) is 10.8 Å². The molecule has 6 rings (SSSR count). The Hall–Kier alpha value is -5.88. The third-order valence-electron chi connectivity index (χ3n) is 6.64. The minimum Gasteiger partial charge on any atom is -0.410 e. The van der Waals surface area contributed by atoms with E-state index in [1.807, 2.05) is 140 Å². The van der Waals surface area contributed by atoms with Crippen LogP contribution in [-0.2, 0) is 0 Å². The number of fused-ring (bicyclic) bond motifs is 1.